The molecule has 0 atom stereocenters. The fraction of sp³-hybridized carbons (Fsp3) is 0.0323. The zero-order valence-electron chi connectivity index (χ0n) is 19.3. The van der Waals surface area contributed by atoms with E-state index in [0.717, 1.165) is 0 Å². The summed E-state index contributed by atoms with van der Waals surface area (Å²) in [4.78, 5) is 18.9. The highest BCUT2D eigenvalue weighted by molar-refractivity contribution is 5.88. The summed E-state index contributed by atoms with van der Waals surface area (Å²) in [6.07, 6.45) is 7.68. The Labute approximate surface area is 206 Å². The van der Waals surface area contributed by atoms with Gasteiger partial charge in [-0.1, -0.05) is 146 Å². The van der Waals surface area contributed by atoms with Gasteiger partial charge in [0.25, 0.3) is 0 Å². The maximum Gasteiger partial charge on any atom is 0.314 e. The molecule has 4 rings (SSSR count). The van der Waals surface area contributed by atoms with E-state index in [1.54, 1.807) is 0 Å². The van der Waals surface area contributed by atoms with Gasteiger partial charge in [-0.25, -0.2) is 0 Å². The molecule has 0 unspecified atom stereocenters. The highest BCUT2D eigenvalue weighted by atomic mass is 16.4. The lowest BCUT2D eigenvalue weighted by atomic mass is 10.1. The average molecular weight is 465 g/mol. The first-order valence-corrected chi connectivity index (χ1v) is 11.0. The Morgan fingerprint density at radius 3 is 0.771 bits per heavy atom. The number of benzene rings is 4. The molecule has 176 valence electrons. The van der Waals surface area contributed by atoms with Gasteiger partial charge in [0.05, 0.1) is 0 Å². The molecule has 0 saturated heterocycles. The third-order valence-corrected chi connectivity index (χ3v) is 4.44. The van der Waals surface area contributed by atoms with Gasteiger partial charge in [0.15, 0.2) is 0 Å². The van der Waals surface area contributed by atoms with Crippen LogP contribution in [0.4, 0.5) is 0 Å². The van der Waals surface area contributed by atoms with Gasteiger partial charge in [-0.3, -0.25) is 9.59 Å². The number of hydrogen-bond donors (Lipinski definition) is 2. The van der Waals surface area contributed by atoms with Crippen molar-refractivity contribution in [1.29, 1.82) is 0 Å². The van der Waals surface area contributed by atoms with E-state index in [1.165, 1.54) is 22.3 Å². The minimum atomic E-state index is -1.31. The topological polar surface area (TPSA) is 74.6 Å². The lowest BCUT2D eigenvalue weighted by Gasteiger charge is -1.92. The predicted octanol–water partition coefficient (Wildman–Crippen LogP) is 7.26. The van der Waals surface area contributed by atoms with E-state index in [1.807, 2.05) is 72.8 Å². The van der Waals surface area contributed by atoms with E-state index in [-0.39, 0.29) is 0 Å². The summed E-state index contributed by atoms with van der Waals surface area (Å²) in [6.45, 7) is 0. The molecule has 0 saturated carbocycles. The maximum atomic E-state index is 9.43. The Hall–Kier alpha value is -4.70. The van der Waals surface area contributed by atoms with Crippen LogP contribution in [0.2, 0.25) is 0 Å². The summed E-state index contributed by atoms with van der Waals surface area (Å²) < 4.78 is 0. The molecule has 0 amide bonds. The van der Waals surface area contributed by atoms with Gasteiger partial charge in [-0.05, 0) is 22.3 Å². The van der Waals surface area contributed by atoms with Gasteiger partial charge in [-0.15, -0.1) is 0 Å². The average Bonchev–Trinajstić information content (AvgIpc) is 2.89. The van der Waals surface area contributed by atoms with Crippen LogP contribution in [0, 0.1) is 0 Å². The molecule has 0 bridgehead atoms. The van der Waals surface area contributed by atoms with Crippen molar-refractivity contribution in [2.24, 2.45) is 0 Å². The third-order valence-electron chi connectivity index (χ3n) is 4.44. The number of carboxylic acids is 2. The second-order valence-electron chi connectivity index (χ2n) is 7.27. The van der Waals surface area contributed by atoms with E-state index in [2.05, 4.69) is 72.8 Å². The van der Waals surface area contributed by atoms with Gasteiger partial charge in [0, 0.05) is 0 Å². The fourth-order valence-corrected chi connectivity index (χ4v) is 2.77. The normalized spacial score (nSPS) is 10.1. The Balaban J connectivity index is 0.000000197. The van der Waals surface area contributed by atoms with Crippen LogP contribution in [0.15, 0.2) is 121 Å². The smallest absolute Gasteiger partial charge is 0.314 e. The van der Waals surface area contributed by atoms with Crippen molar-refractivity contribution in [3.05, 3.63) is 144 Å². The summed E-state index contributed by atoms with van der Waals surface area (Å²) in [5, 5.41) is 15.4. The van der Waals surface area contributed by atoms with Crippen LogP contribution in [0.25, 0.3) is 24.3 Å². The van der Waals surface area contributed by atoms with E-state index >= 15 is 0 Å². The second kappa shape index (κ2) is 16.0. The van der Waals surface area contributed by atoms with Crippen LogP contribution in [-0.4, -0.2) is 22.2 Å². The number of carbonyl (C=O) groups is 2. The number of hydrogen-bond acceptors (Lipinski definition) is 2. The number of carboxylic acid groups (broad SMARTS) is 2. The van der Waals surface area contributed by atoms with E-state index in [0.29, 0.717) is 0 Å². The standard InChI is InChI=1S/2C14H12.C3H4O4/c2*1-3-7-13(8-4-1)11-12-14-9-5-2-6-10-14;4-2(5)1-3(6)7/h2*1-12H;1H2,(H,4,5)(H,6,7). The molecular weight excluding hydrogens is 436 g/mol. The summed E-state index contributed by atoms with van der Waals surface area (Å²) in [5.41, 5.74) is 4.93. The highest BCUT2D eigenvalue weighted by Crippen LogP contribution is 2.08. The quantitative estimate of drug-likeness (QED) is 0.233. The van der Waals surface area contributed by atoms with Crippen LogP contribution in [0.1, 0.15) is 28.7 Å². The molecule has 0 heterocycles. The molecular formula is C31H28O4. The molecule has 0 spiro atoms. The molecule has 4 aromatic carbocycles. The van der Waals surface area contributed by atoms with E-state index in [4.69, 9.17) is 10.2 Å². The molecule has 2 N–H and O–H groups in total. The lowest BCUT2D eigenvalue weighted by molar-refractivity contribution is -0.147. The first kappa shape index (κ1) is 26.6. The van der Waals surface area contributed by atoms with Gasteiger partial charge < -0.3 is 10.2 Å². The highest BCUT2D eigenvalue weighted by Gasteiger charge is 2.01. The molecule has 0 aliphatic carbocycles. The van der Waals surface area contributed by atoms with Crippen molar-refractivity contribution in [1.82, 2.24) is 0 Å². The maximum absolute atomic E-state index is 9.43. The first-order valence-electron chi connectivity index (χ1n) is 11.0. The molecule has 4 heteroatoms. The van der Waals surface area contributed by atoms with E-state index < -0.39 is 18.4 Å². The largest absolute Gasteiger partial charge is 0.481 e. The van der Waals surface area contributed by atoms with Crippen molar-refractivity contribution in [2.45, 2.75) is 6.42 Å². The zero-order valence-corrected chi connectivity index (χ0v) is 19.3. The van der Waals surface area contributed by atoms with Crippen molar-refractivity contribution in [2.75, 3.05) is 0 Å². The third kappa shape index (κ3) is 12.8. The molecule has 0 aliphatic heterocycles. The number of rotatable bonds is 6. The molecule has 35 heavy (non-hydrogen) atoms. The summed E-state index contributed by atoms with van der Waals surface area (Å²) in [7, 11) is 0. The molecule has 4 aromatic rings. The zero-order chi connectivity index (χ0) is 25.1. The van der Waals surface area contributed by atoms with Crippen molar-refractivity contribution in [3.63, 3.8) is 0 Å². The Morgan fingerprint density at radius 2 is 0.629 bits per heavy atom. The van der Waals surface area contributed by atoms with Gasteiger partial charge in [-0.2, -0.15) is 0 Å². The minimum Gasteiger partial charge on any atom is -0.481 e. The summed E-state index contributed by atoms with van der Waals surface area (Å²) >= 11 is 0. The van der Waals surface area contributed by atoms with Crippen molar-refractivity contribution < 1.29 is 19.8 Å². The molecule has 4 nitrogen and oxygen atoms in total. The van der Waals surface area contributed by atoms with Crippen LogP contribution < -0.4 is 0 Å². The Kier molecular flexibility index (Phi) is 12.1. The Bertz CT molecular complexity index is 1000. The first-order chi connectivity index (χ1) is 17.0. The van der Waals surface area contributed by atoms with Crippen molar-refractivity contribution >= 4 is 36.2 Å². The number of aliphatic carboxylic acids is 2. The van der Waals surface area contributed by atoms with Crippen LogP contribution in [-0.2, 0) is 9.59 Å². The molecule has 0 aliphatic rings. The predicted molar refractivity (Wildman–Crippen MR) is 144 cm³/mol. The second-order valence-corrected chi connectivity index (χ2v) is 7.27. The van der Waals surface area contributed by atoms with Crippen LogP contribution in [0.3, 0.4) is 0 Å². The molecule has 0 radical (unpaired) electrons. The SMILES string of the molecule is C(=Cc1ccccc1)c1ccccc1.C(=Cc1ccccc1)c1ccccc1.O=C(O)CC(=O)O. The van der Waals surface area contributed by atoms with Gasteiger partial charge >= 0.3 is 11.9 Å². The lowest BCUT2D eigenvalue weighted by Crippen LogP contribution is -2.03. The summed E-state index contributed by atoms with van der Waals surface area (Å²) in [5.74, 6) is -2.62. The molecule has 0 aromatic heterocycles. The minimum absolute atomic E-state index is 0.806. The Morgan fingerprint density at radius 1 is 0.429 bits per heavy atom. The monoisotopic (exact) mass is 464 g/mol. The fourth-order valence-electron chi connectivity index (χ4n) is 2.77. The van der Waals surface area contributed by atoms with E-state index in [9.17, 15) is 9.59 Å². The van der Waals surface area contributed by atoms with Crippen LogP contribution in [0.5, 0.6) is 0 Å². The molecule has 0 fully saturated rings. The van der Waals surface area contributed by atoms with Crippen LogP contribution >= 0.6 is 0 Å². The van der Waals surface area contributed by atoms with Gasteiger partial charge in [0.2, 0.25) is 0 Å². The van der Waals surface area contributed by atoms with Gasteiger partial charge in [0.1, 0.15) is 6.42 Å². The van der Waals surface area contributed by atoms with Crippen molar-refractivity contribution in [3.8, 4) is 0 Å². The summed E-state index contributed by atoms with van der Waals surface area (Å²) in [6, 6.07) is 41.3.